The van der Waals surface area contributed by atoms with Crippen LogP contribution in [0.15, 0.2) is 29.6 Å². The molecule has 3 rings (SSSR count). The molecule has 6 nitrogen and oxygen atoms in total. The summed E-state index contributed by atoms with van der Waals surface area (Å²) in [5.74, 6) is 0.673. The topological polar surface area (TPSA) is 63.7 Å². The molecular formula is C18H24ClN3O3S. The minimum atomic E-state index is -0.128. The number of halogens is 1. The third-order valence-corrected chi connectivity index (χ3v) is 4.98. The van der Waals surface area contributed by atoms with Gasteiger partial charge >= 0.3 is 0 Å². The molecule has 1 saturated heterocycles. The zero-order valence-corrected chi connectivity index (χ0v) is 16.6. The van der Waals surface area contributed by atoms with Crippen molar-refractivity contribution in [3.8, 4) is 16.3 Å². The van der Waals surface area contributed by atoms with Gasteiger partial charge in [-0.1, -0.05) is 0 Å². The second-order valence-electron chi connectivity index (χ2n) is 6.05. The van der Waals surface area contributed by atoms with Crippen LogP contribution in [0.2, 0.25) is 0 Å². The van der Waals surface area contributed by atoms with Crippen molar-refractivity contribution in [2.45, 2.75) is 13.0 Å². The number of hydrogen-bond donors (Lipinski definition) is 1. The zero-order valence-electron chi connectivity index (χ0n) is 14.9. The Hall–Kier alpha value is -1.67. The quantitative estimate of drug-likeness (QED) is 0.811. The highest BCUT2D eigenvalue weighted by molar-refractivity contribution is 7.13. The van der Waals surface area contributed by atoms with Crippen molar-refractivity contribution in [2.75, 3.05) is 40.0 Å². The highest BCUT2D eigenvalue weighted by atomic mass is 35.5. The summed E-state index contributed by atoms with van der Waals surface area (Å²) in [6, 6.07) is 7.74. The first kappa shape index (κ1) is 20.6. The summed E-state index contributed by atoms with van der Waals surface area (Å²) in [5.41, 5.74) is 1.44. The summed E-state index contributed by atoms with van der Waals surface area (Å²) in [4.78, 5) is 19.2. The molecule has 0 aliphatic carbocycles. The number of rotatable bonds is 6. The van der Waals surface area contributed by atoms with Crippen LogP contribution in [-0.4, -0.2) is 61.8 Å². The number of nitrogens with one attached hydrogen (secondary N) is 1. The van der Waals surface area contributed by atoms with E-state index >= 15 is 0 Å². The summed E-state index contributed by atoms with van der Waals surface area (Å²) < 4.78 is 10.5. The number of carbonyl (C=O) groups excluding carboxylic acids is 1. The molecule has 1 aromatic carbocycles. The van der Waals surface area contributed by atoms with Crippen molar-refractivity contribution in [1.82, 2.24) is 15.2 Å². The predicted octanol–water partition coefficient (Wildman–Crippen LogP) is 2.69. The van der Waals surface area contributed by atoms with Gasteiger partial charge in [-0.15, -0.1) is 23.7 Å². The molecule has 26 heavy (non-hydrogen) atoms. The van der Waals surface area contributed by atoms with E-state index in [-0.39, 0.29) is 24.4 Å². The van der Waals surface area contributed by atoms with Crippen LogP contribution in [0.5, 0.6) is 5.75 Å². The number of aromatic nitrogens is 1. The van der Waals surface area contributed by atoms with Gasteiger partial charge < -0.3 is 14.8 Å². The van der Waals surface area contributed by atoms with Crippen molar-refractivity contribution >= 4 is 29.7 Å². The molecule has 2 aromatic rings. The molecule has 1 aliphatic rings. The van der Waals surface area contributed by atoms with Gasteiger partial charge in [0.2, 0.25) is 0 Å². The number of thiazole rings is 1. The first-order valence-electron chi connectivity index (χ1n) is 8.36. The first-order valence-corrected chi connectivity index (χ1v) is 9.24. The van der Waals surface area contributed by atoms with Crippen LogP contribution in [0.25, 0.3) is 10.6 Å². The highest BCUT2D eigenvalue weighted by Crippen LogP contribution is 2.25. The molecule has 0 bridgehead atoms. The van der Waals surface area contributed by atoms with Crippen molar-refractivity contribution in [1.29, 1.82) is 0 Å². The van der Waals surface area contributed by atoms with Crippen LogP contribution in [0.3, 0.4) is 0 Å². The summed E-state index contributed by atoms with van der Waals surface area (Å²) in [7, 11) is 1.64. The maximum atomic E-state index is 12.4. The molecular weight excluding hydrogens is 374 g/mol. The molecule has 1 atom stereocenters. The monoisotopic (exact) mass is 397 g/mol. The van der Waals surface area contributed by atoms with Gasteiger partial charge in [0.25, 0.3) is 5.91 Å². The number of methoxy groups -OCH3 is 1. The molecule has 1 amide bonds. The number of morpholine rings is 1. The normalized spacial score (nSPS) is 15.8. The molecule has 142 valence electrons. The minimum Gasteiger partial charge on any atom is -0.497 e. The van der Waals surface area contributed by atoms with Gasteiger partial charge in [0, 0.05) is 36.6 Å². The van der Waals surface area contributed by atoms with Crippen molar-refractivity contribution in [3.05, 3.63) is 35.3 Å². The van der Waals surface area contributed by atoms with E-state index in [0.717, 1.165) is 49.2 Å². The molecule has 1 fully saturated rings. The van der Waals surface area contributed by atoms with Gasteiger partial charge in [-0.3, -0.25) is 9.69 Å². The van der Waals surface area contributed by atoms with Gasteiger partial charge in [0.1, 0.15) is 16.5 Å². The van der Waals surface area contributed by atoms with Gasteiger partial charge in [0.15, 0.2) is 0 Å². The van der Waals surface area contributed by atoms with E-state index in [1.807, 2.05) is 31.2 Å². The molecule has 1 aliphatic heterocycles. The number of benzene rings is 1. The third-order valence-electron chi connectivity index (χ3n) is 4.09. The number of ether oxygens (including phenoxy) is 2. The van der Waals surface area contributed by atoms with E-state index in [9.17, 15) is 4.79 Å². The minimum absolute atomic E-state index is 0. The average Bonchev–Trinajstić information content (AvgIpc) is 3.13. The average molecular weight is 398 g/mol. The Balaban J connectivity index is 0.00000243. The molecule has 1 N–H and O–H groups in total. The van der Waals surface area contributed by atoms with Gasteiger partial charge in [-0.2, -0.15) is 0 Å². The lowest BCUT2D eigenvalue weighted by Crippen LogP contribution is -2.46. The molecule has 1 aromatic heterocycles. The van der Waals surface area contributed by atoms with Crippen molar-refractivity contribution in [2.24, 2.45) is 0 Å². The lowest BCUT2D eigenvalue weighted by Gasteiger charge is -2.29. The number of nitrogens with zero attached hydrogens (tertiary/aromatic N) is 2. The molecule has 0 spiro atoms. The fraction of sp³-hybridized carbons (Fsp3) is 0.444. The zero-order chi connectivity index (χ0) is 17.6. The Morgan fingerprint density at radius 3 is 2.69 bits per heavy atom. The fourth-order valence-corrected chi connectivity index (χ4v) is 3.56. The Morgan fingerprint density at radius 2 is 2.04 bits per heavy atom. The lowest BCUT2D eigenvalue weighted by atomic mass is 10.2. The van der Waals surface area contributed by atoms with E-state index in [2.05, 4.69) is 15.2 Å². The molecule has 1 unspecified atom stereocenters. The Bertz CT molecular complexity index is 702. The second kappa shape index (κ2) is 9.87. The number of carbonyl (C=O) groups is 1. The van der Waals surface area contributed by atoms with Crippen LogP contribution in [0, 0.1) is 0 Å². The number of amides is 1. The van der Waals surface area contributed by atoms with Gasteiger partial charge in [-0.25, -0.2) is 4.98 Å². The summed E-state index contributed by atoms with van der Waals surface area (Å²) in [6.45, 7) is 6.20. The molecule has 8 heteroatoms. The van der Waals surface area contributed by atoms with Crippen LogP contribution >= 0.6 is 23.7 Å². The van der Waals surface area contributed by atoms with Crippen molar-refractivity contribution in [3.63, 3.8) is 0 Å². The smallest absolute Gasteiger partial charge is 0.271 e. The Morgan fingerprint density at radius 1 is 1.35 bits per heavy atom. The summed E-state index contributed by atoms with van der Waals surface area (Å²) in [6.07, 6.45) is 0. The first-order chi connectivity index (χ1) is 12.2. The second-order valence-corrected chi connectivity index (χ2v) is 6.91. The van der Waals surface area contributed by atoms with E-state index < -0.39 is 0 Å². The summed E-state index contributed by atoms with van der Waals surface area (Å²) in [5, 5.41) is 5.66. The Labute approximate surface area is 163 Å². The van der Waals surface area contributed by atoms with Gasteiger partial charge in [-0.05, 0) is 31.2 Å². The van der Waals surface area contributed by atoms with Crippen LogP contribution in [0.1, 0.15) is 17.4 Å². The molecule has 0 saturated carbocycles. The lowest BCUT2D eigenvalue weighted by molar-refractivity contribution is 0.0342. The van der Waals surface area contributed by atoms with Crippen LogP contribution in [-0.2, 0) is 4.74 Å². The van der Waals surface area contributed by atoms with E-state index in [1.165, 1.54) is 11.3 Å². The van der Waals surface area contributed by atoms with Crippen LogP contribution in [0.4, 0.5) is 0 Å². The number of hydrogen-bond acceptors (Lipinski definition) is 6. The maximum absolute atomic E-state index is 12.4. The maximum Gasteiger partial charge on any atom is 0.271 e. The predicted molar refractivity (Wildman–Crippen MR) is 106 cm³/mol. The van der Waals surface area contributed by atoms with E-state index in [0.29, 0.717) is 5.69 Å². The Kier molecular flexibility index (Phi) is 7.84. The standard InChI is InChI=1S/C18H23N3O3S.ClH/c1-13(11-21-7-9-24-10-8-21)19-17(22)16-12-25-18(20-16)14-3-5-15(23-2)6-4-14;/h3-6,12-13H,7-11H2,1-2H3,(H,19,22);1H. The van der Waals surface area contributed by atoms with Gasteiger partial charge in [0.05, 0.1) is 20.3 Å². The summed E-state index contributed by atoms with van der Waals surface area (Å²) >= 11 is 1.47. The SMILES string of the molecule is COc1ccc(-c2nc(C(=O)NC(C)CN3CCOCC3)cs2)cc1.Cl. The fourth-order valence-electron chi connectivity index (χ4n) is 2.76. The third kappa shape index (κ3) is 5.41. The van der Waals surface area contributed by atoms with E-state index in [1.54, 1.807) is 12.5 Å². The largest absolute Gasteiger partial charge is 0.497 e. The van der Waals surface area contributed by atoms with Crippen molar-refractivity contribution < 1.29 is 14.3 Å². The van der Waals surface area contributed by atoms with Crippen LogP contribution < -0.4 is 10.1 Å². The highest BCUT2D eigenvalue weighted by Gasteiger charge is 2.17. The molecule has 2 heterocycles. The van der Waals surface area contributed by atoms with E-state index in [4.69, 9.17) is 9.47 Å². The molecule has 0 radical (unpaired) electrons.